The molecule has 0 aliphatic heterocycles. The van der Waals surface area contributed by atoms with Crippen LogP contribution in [0.4, 0.5) is 5.69 Å². The highest BCUT2D eigenvalue weighted by atomic mass is 32.2. The van der Waals surface area contributed by atoms with Gasteiger partial charge in [-0.05, 0) is 49.4 Å². The first kappa shape index (κ1) is 21.7. The van der Waals surface area contributed by atoms with E-state index < -0.39 is 10.0 Å². The van der Waals surface area contributed by atoms with Gasteiger partial charge >= 0.3 is 0 Å². The van der Waals surface area contributed by atoms with Gasteiger partial charge in [0.2, 0.25) is 10.0 Å². The minimum Gasteiger partial charge on any atom is -0.497 e. The van der Waals surface area contributed by atoms with E-state index in [1.165, 1.54) is 10.4 Å². The molecule has 0 aliphatic carbocycles. The fourth-order valence-corrected chi connectivity index (χ4v) is 4.33. The Balaban J connectivity index is 2.37. The van der Waals surface area contributed by atoms with Gasteiger partial charge in [-0.3, -0.25) is 4.79 Å². The molecule has 8 heteroatoms. The van der Waals surface area contributed by atoms with Crippen LogP contribution in [0.15, 0.2) is 47.4 Å². The minimum atomic E-state index is -3.75. The third-order valence-corrected chi connectivity index (χ3v) is 6.25. The van der Waals surface area contributed by atoms with Crippen LogP contribution in [-0.2, 0) is 10.0 Å². The Bertz CT molecular complexity index is 907. The van der Waals surface area contributed by atoms with E-state index in [2.05, 4.69) is 5.32 Å². The fraction of sp³-hybridized carbons (Fsp3) is 0.350. The highest BCUT2D eigenvalue weighted by Gasteiger charge is 2.26. The summed E-state index contributed by atoms with van der Waals surface area (Å²) in [5.74, 6) is 0.556. The van der Waals surface area contributed by atoms with Gasteiger partial charge in [-0.15, -0.1) is 0 Å². The summed E-state index contributed by atoms with van der Waals surface area (Å²) in [7, 11) is -2.20. The van der Waals surface area contributed by atoms with Crippen LogP contribution in [0.5, 0.6) is 11.5 Å². The maximum Gasteiger partial charge on any atom is 0.255 e. The number of methoxy groups -OCH3 is 1. The summed E-state index contributed by atoms with van der Waals surface area (Å²) in [6.07, 6.45) is 0. The van der Waals surface area contributed by atoms with E-state index in [0.29, 0.717) is 36.7 Å². The summed E-state index contributed by atoms with van der Waals surface area (Å²) in [6.45, 7) is 6.35. The van der Waals surface area contributed by atoms with Crippen molar-refractivity contribution in [2.75, 3.05) is 32.1 Å². The van der Waals surface area contributed by atoms with Crippen LogP contribution in [0.1, 0.15) is 31.1 Å². The van der Waals surface area contributed by atoms with Crippen LogP contribution < -0.4 is 14.8 Å². The van der Waals surface area contributed by atoms with Crippen molar-refractivity contribution in [1.82, 2.24) is 4.31 Å². The van der Waals surface area contributed by atoms with E-state index in [0.717, 1.165) is 0 Å². The lowest BCUT2D eigenvalue weighted by molar-refractivity contribution is 0.102. The number of benzene rings is 2. The van der Waals surface area contributed by atoms with Crippen molar-refractivity contribution in [3.8, 4) is 11.5 Å². The van der Waals surface area contributed by atoms with Crippen LogP contribution in [0.2, 0.25) is 0 Å². The number of hydrogen-bond donors (Lipinski definition) is 1. The van der Waals surface area contributed by atoms with Gasteiger partial charge in [0.15, 0.2) is 0 Å². The number of carbonyl (C=O) groups excluding carboxylic acids is 1. The first-order valence-corrected chi connectivity index (χ1v) is 10.5. The molecule has 7 nitrogen and oxygen atoms in total. The van der Waals surface area contributed by atoms with Crippen LogP contribution in [0.25, 0.3) is 0 Å². The molecule has 0 radical (unpaired) electrons. The second-order valence-electron chi connectivity index (χ2n) is 5.87. The van der Waals surface area contributed by atoms with Crippen molar-refractivity contribution in [1.29, 1.82) is 0 Å². The van der Waals surface area contributed by atoms with Crippen LogP contribution in [0, 0.1) is 0 Å². The number of nitrogens with zero attached hydrogens (tertiary/aromatic N) is 1. The molecule has 0 heterocycles. The summed E-state index contributed by atoms with van der Waals surface area (Å²) in [5, 5.41) is 2.73. The lowest BCUT2D eigenvalue weighted by atomic mass is 10.2. The van der Waals surface area contributed by atoms with Crippen molar-refractivity contribution in [2.24, 2.45) is 0 Å². The lowest BCUT2D eigenvalue weighted by Crippen LogP contribution is -2.31. The molecular weight excluding hydrogens is 380 g/mol. The molecule has 0 aromatic heterocycles. The molecule has 152 valence electrons. The summed E-state index contributed by atoms with van der Waals surface area (Å²) in [6, 6.07) is 11.2. The Morgan fingerprint density at radius 3 is 2.21 bits per heavy atom. The number of carbonyl (C=O) groups is 1. The Kier molecular flexibility index (Phi) is 7.42. The topological polar surface area (TPSA) is 84.9 Å². The zero-order chi connectivity index (χ0) is 20.7. The van der Waals surface area contributed by atoms with Crippen molar-refractivity contribution in [3.63, 3.8) is 0 Å². The first-order valence-electron chi connectivity index (χ1n) is 9.09. The number of amides is 1. The zero-order valence-corrected chi connectivity index (χ0v) is 17.4. The number of rotatable bonds is 9. The van der Waals surface area contributed by atoms with Crippen molar-refractivity contribution >= 4 is 21.6 Å². The molecule has 2 rings (SSSR count). The SMILES string of the molecule is CCOc1ccc(NC(=O)c2ccc(OC)cc2)cc1S(=O)(=O)N(CC)CC. The predicted molar refractivity (Wildman–Crippen MR) is 109 cm³/mol. The van der Waals surface area contributed by atoms with Gasteiger partial charge in [0.25, 0.3) is 5.91 Å². The van der Waals surface area contributed by atoms with Crippen molar-refractivity contribution in [3.05, 3.63) is 48.0 Å². The molecule has 0 fully saturated rings. The van der Waals surface area contributed by atoms with Gasteiger partial charge in [0.1, 0.15) is 16.4 Å². The number of sulfonamides is 1. The molecule has 0 unspecified atom stereocenters. The van der Waals surface area contributed by atoms with Crippen LogP contribution >= 0.6 is 0 Å². The van der Waals surface area contributed by atoms with Gasteiger partial charge in [-0.2, -0.15) is 4.31 Å². The van der Waals surface area contributed by atoms with Gasteiger partial charge in [-0.25, -0.2) is 8.42 Å². The predicted octanol–water partition coefficient (Wildman–Crippen LogP) is 3.38. The Hall–Kier alpha value is -2.58. The van der Waals surface area contributed by atoms with Crippen LogP contribution in [0.3, 0.4) is 0 Å². The quantitative estimate of drug-likeness (QED) is 0.690. The van der Waals surface area contributed by atoms with Crippen molar-refractivity contribution < 1.29 is 22.7 Å². The second-order valence-corrected chi connectivity index (χ2v) is 7.77. The molecule has 1 amide bonds. The molecule has 0 saturated carbocycles. The Morgan fingerprint density at radius 2 is 1.68 bits per heavy atom. The third kappa shape index (κ3) is 4.82. The largest absolute Gasteiger partial charge is 0.497 e. The highest BCUT2D eigenvalue weighted by molar-refractivity contribution is 7.89. The summed E-state index contributed by atoms with van der Waals surface area (Å²) in [5.41, 5.74) is 0.804. The molecule has 2 aromatic rings. The molecule has 1 N–H and O–H groups in total. The maximum atomic E-state index is 13.0. The third-order valence-electron chi connectivity index (χ3n) is 4.18. The Labute approximate surface area is 166 Å². The van der Waals surface area contributed by atoms with E-state index in [9.17, 15) is 13.2 Å². The fourth-order valence-electron chi connectivity index (χ4n) is 2.71. The van der Waals surface area contributed by atoms with Gasteiger partial charge < -0.3 is 14.8 Å². The molecule has 0 spiro atoms. The van der Waals surface area contributed by atoms with E-state index in [4.69, 9.17) is 9.47 Å². The molecule has 0 bridgehead atoms. The molecule has 0 saturated heterocycles. The second kappa shape index (κ2) is 9.57. The summed E-state index contributed by atoms with van der Waals surface area (Å²) in [4.78, 5) is 12.5. The Morgan fingerprint density at radius 1 is 1.04 bits per heavy atom. The molecular formula is C20H26N2O5S. The monoisotopic (exact) mass is 406 g/mol. The van der Waals surface area contributed by atoms with Crippen molar-refractivity contribution in [2.45, 2.75) is 25.7 Å². The number of anilines is 1. The smallest absolute Gasteiger partial charge is 0.255 e. The number of nitrogens with one attached hydrogen (secondary N) is 1. The van der Waals surface area contributed by atoms with Gasteiger partial charge in [-0.1, -0.05) is 13.8 Å². The van der Waals surface area contributed by atoms with Gasteiger partial charge in [0.05, 0.1) is 13.7 Å². The molecule has 28 heavy (non-hydrogen) atoms. The molecule has 0 aliphatic rings. The standard InChI is InChI=1S/C20H26N2O5S/c1-5-22(6-2)28(24,25)19-14-16(10-13-18(19)27-7-3)21-20(23)15-8-11-17(26-4)12-9-15/h8-14H,5-7H2,1-4H3,(H,21,23). The van der Waals surface area contributed by atoms with Gasteiger partial charge in [0, 0.05) is 24.3 Å². The summed E-state index contributed by atoms with van der Waals surface area (Å²) < 4.78 is 37.9. The van der Waals surface area contributed by atoms with E-state index in [1.54, 1.807) is 64.3 Å². The van der Waals surface area contributed by atoms with E-state index >= 15 is 0 Å². The zero-order valence-electron chi connectivity index (χ0n) is 16.6. The lowest BCUT2D eigenvalue weighted by Gasteiger charge is -2.21. The molecule has 0 atom stereocenters. The maximum absolute atomic E-state index is 13.0. The van der Waals surface area contributed by atoms with Crippen LogP contribution in [-0.4, -0.2) is 45.4 Å². The van der Waals surface area contributed by atoms with E-state index in [1.807, 2.05) is 0 Å². The first-order chi connectivity index (χ1) is 13.4. The average Bonchev–Trinajstić information content (AvgIpc) is 2.70. The van der Waals surface area contributed by atoms with E-state index in [-0.39, 0.29) is 16.6 Å². The average molecular weight is 407 g/mol. The number of ether oxygens (including phenoxy) is 2. The highest BCUT2D eigenvalue weighted by Crippen LogP contribution is 2.30. The number of hydrogen-bond acceptors (Lipinski definition) is 5. The minimum absolute atomic E-state index is 0.0329. The molecule has 2 aromatic carbocycles. The summed E-state index contributed by atoms with van der Waals surface area (Å²) >= 11 is 0. The normalized spacial score (nSPS) is 11.3.